The van der Waals surface area contributed by atoms with Crippen LogP contribution < -0.4 is 5.73 Å². The van der Waals surface area contributed by atoms with Gasteiger partial charge in [0.1, 0.15) is 4.90 Å². The molecule has 1 saturated heterocycles. The molecule has 2 N–H and O–H groups in total. The minimum Gasteiger partial charge on any atom is -0.398 e. The Kier molecular flexibility index (Phi) is 3.46. The number of rotatable bonds is 2. The number of anilines is 1. The van der Waals surface area contributed by atoms with E-state index in [9.17, 15) is 8.42 Å². The Bertz CT molecular complexity index is 584. The molecule has 0 aromatic carbocycles. The molecule has 2 heterocycles. The molecule has 1 aliphatic carbocycles. The largest absolute Gasteiger partial charge is 0.398 e. The first-order valence-electron chi connectivity index (χ1n) is 7.23. The second-order valence-electron chi connectivity index (χ2n) is 6.02. The fourth-order valence-electron chi connectivity index (χ4n) is 3.57. The summed E-state index contributed by atoms with van der Waals surface area (Å²) in [5, 5.41) is 0. The van der Waals surface area contributed by atoms with Gasteiger partial charge in [-0.05, 0) is 37.2 Å². The summed E-state index contributed by atoms with van der Waals surface area (Å²) < 4.78 is 26.8. The Balaban J connectivity index is 1.79. The summed E-state index contributed by atoms with van der Waals surface area (Å²) in [4.78, 5) is 4.03. The van der Waals surface area contributed by atoms with Gasteiger partial charge in [-0.2, -0.15) is 4.31 Å². The molecule has 0 radical (unpaired) electrons. The molecular formula is C14H21N3O2S. The fourth-order valence-corrected chi connectivity index (χ4v) is 5.07. The van der Waals surface area contributed by atoms with Crippen LogP contribution in [0.1, 0.15) is 38.5 Å². The van der Waals surface area contributed by atoms with Gasteiger partial charge in [-0.1, -0.05) is 12.8 Å². The van der Waals surface area contributed by atoms with Crippen LogP contribution in [0, 0.1) is 5.41 Å². The summed E-state index contributed by atoms with van der Waals surface area (Å²) in [6.07, 6.45) is 9.93. The van der Waals surface area contributed by atoms with Gasteiger partial charge in [-0.3, -0.25) is 4.98 Å². The van der Waals surface area contributed by atoms with E-state index in [2.05, 4.69) is 4.98 Å². The third kappa shape index (κ3) is 2.31. The molecule has 1 aromatic rings. The van der Waals surface area contributed by atoms with Crippen molar-refractivity contribution in [2.45, 2.75) is 43.4 Å². The molecular weight excluding hydrogens is 274 g/mol. The summed E-state index contributed by atoms with van der Waals surface area (Å²) in [5.74, 6) is 0. The quantitative estimate of drug-likeness (QED) is 0.905. The van der Waals surface area contributed by atoms with Crippen molar-refractivity contribution in [1.82, 2.24) is 9.29 Å². The lowest BCUT2D eigenvalue weighted by atomic mass is 9.78. The fraction of sp³-hybridized carbons (Fsp3) is 0.643. The number of nitrogens with two attached hydrogens (primary N) is 1. The van der Waals surface area contributed by atoms with E-state index in [1.54, 1.807) is 4.31 Å². The van der Waals surface area contributed by atoms with Gasteiger partial charge in [0.15, 0.2) is 0 Å². The van der Waals surface area contributed by atoms with Gasteiger partial charge in [-0.25, -0.2) is 8.42 Å². The number of piperidine rings is 1. The SMILES string of the molecule is Nc1ccncc1S(=O)(=O)N1CCC2(CCCC2)CC1. The summed E-state index contributed by atoms with van der Waals surface area (Å²) in [5.41, 5.74) is 6.47. The van der Waals surface area contributed by atoms with Crippen molar-refractivity contribution in [3.8, 4) is 0 Å². The average molecular weight is 295 g/mol. The first-order chi connectivity index (χ1) is 9.54. The molecule has 6 heteroatoms. The van der Waals surface area contributed by atoms with Crippen LogP contribution in [-0.2, 0) is 10.0 Å². The zero-order valence-electron chi connectivity index (χ0n) is 11.6. The van der Waals surface area contributed by atoms with Gasteiger partial charge in [0, 0.05) is 25.5 Å². The highest BCUT2D eigenvalue weighted by molar-refractivity contribution is 7.89. The highest BCUT2D eigenvalue weighted by atomic mass is 32.2. The lowest BCUT2D eigenvalue weighted by Gasteiger charge is -2.38. The van der Waals surface area contributed by atoms with Gasteiger partial charge in [0.2, 0.25) is 10.0 Å². The van der Waals surface area contributed by atoms with Gasteiger partial charge in [-0.15, -0.1) is 0 Å². The molecule has 5 nitrogen and oxygen atoms in total. The first kappa shape index (κ1) is 13.8. The number of sulfonamides is 1. The standard InChI is InChI=1S/C14H21N3O2S/c15-12-3-8-16-11-13(12)20(18,19)17-9-6-14(7-10-17)4-1-2-5-14/h3,8,11H,1-2,4-7,9-10H2,(H2,15,16). The summed E-state index contributed by atoms with van der Waals surface area (Å²) in [6, 6.07) is 1.54. The number of aromatic nitrogens is 1. The monoisotopic (exact) mass is 295 g/mol. The van der Waals surface area contributed by atoms with E-state index in [1.807, 2.05) is 0 Å². The molecule has 0 amide bonds. The predicted octanol–water partition coefficient (Wildman–Crippen LogP) is 2.01. The minimum atomic E-state index is -3.49. The predicted molar refractivity (Wildman–Crippen MR) is 77.5 cm³/mol. The summed E-state index contributed by atoms with van der Waals surface area (Å²) >= 11 is 0. The summed E-state index contributed by atoms with van der Waals surface area (Å²) in [6.45, 7) is 1.22. The highest BCUT2D eigenvalue weighted by Crippen LogP contribution is 2.46. The number of hydrogen-bond acceptors (Lipinski definition) is 4. The van der Waals surface area contributed by atoms with Crippen molar-refractivity contribution in [2.24, 2.45) is 5.41 Å². The molecule has 110 valence electrons. The maximum Gasteiger partial charge on any atom is 0.246 e. The van der Waals surface area contributed by atoms with Crippen molar-refractivity contribution >= 4 is 15.7 Å². The van der Waals surface area contributed by atoms with Crippen LogP contribution in [0.25, 0.3) is 0 Å². The number of nitrogens with zero attached hydrogens (tertiary/aromatic N) is 2. The van der Waals surface area contributed by atoms with E-state index in [4.69, 9.17) is 5.73 Å². The molecule has 1 saturated carbocycles. The summed E-state index contributed by atoms with van der Waals surface area (Å²) in [7, 11) is -3.49. The van der Waals surface area contributed by atoms with Gasteiger partial charge < -0.3 is 5.73 Å². The number of hydrogen-bond donors (Lipinski definition) is 1. The van der Waals surface area contributed by atoms with Crippen LogP contribution >= 0.6 is 0 Å². The Morgan fingerprint density at radius 3 is 2.40 bits per heavy atom. The third-order valence-corrected chi connectivity index (χ3v) is 6.82. The van der Waals surface area contributed by atoms with E-state index in [1.165, 1.54) is 44.1 Å². The lowest BCUT2D eigenvalue weighted by Crippen LogP contribution is -2.42. The van der Waals surface area contributed by atoms with Crippen molar-refractivity contribution in [3.63, 3.8) is 0 Å². The molecule has 2 fully saturated rings. The Labute approximate surface area is 120 Å². The van der Waals surface area contributed by atoms with Crippen LogP contribution in [0.5, 0.6) is 0 Å². The Hall–Kier alpha value is -1.14. The molecule has 0 bridgehead atoms. The number of pyridine rings is 1. The first-order valence-corrected chi connectivity index (χ1v) is 8.67. The van der Waals surface area contributed by atoms with Gasteiger partial charge >= 0.3 is 0 Å². The van der Waals surface area contributed by atoms with Crippen LogP contribution in [0.4, 0.5) is 5.69 Å². The molecule has 0 atom stereocenters. The van der Waals surface area contributed by atoms with E-state index in [0.717, 1.165) is 12.8 Å². The van der Waals surface area contributed by atoms with Crippen molar-refractivity contribution in [3.05, 3.63) is 18.5 Å². The molecule has 0 unspecified atom stereocenters. The van der Waals surface area contributed by atoms with Crippen LogP contribution in [0.2, 0.25) is 0 Å². The van der Waals surface area contributed by atoms with Crippen LogP contribution in [-0.4, -0.2) is 30.8 Å². The molecule has 20 heavy (non-hydrogen) atoms. The molecule has 3 rings (SSSR count). The van der Waals surface area contributed by atoms with Gasteiger partial charge in [0.25, 0.3) is 0 Å². The van der Waals surface area contributed by atoms with Crippen molar-refractivity contribution in [1.29, 1.82) is 0 Å². The smallest absolute Gasteiger partial charge is 0.246 e. The average Bonchev–Trinajstić information content (AvgIpc) is 2.88. The maximum absolute atomic E-state index is 12.6. The molecule has 2 aliphatic rings. The van der Waals surface area contributed by atoms with Crippen molar-refractivity contribution in [2.75, 3.05) is 18.8 Å². The molecule has 1 spiro atoms. The Morgan fingerprint density at radius 1 is 1.15 bits per heavy atom. The third-order valence-electron chi connectivity index (χ3n) is 4.88. The zero-order valence-corrected chi connectivity index (χ0v) is 12.4. The van der Waals surface area contributed by atoms with Crippen molar-refractivity contribution < 1.29 is 8.42 Å². The second-order valence-corrected chi connectivity index (χ2v) is 7.93. The van der Waals surface area contributed by atoms with E-state index >= 15 is 0 Å². The van der Waals surface area contributed by atoms with Gasteiger partial charge in [0.05, 0.1) is 5.69 Å². The van der Waals surface area contributed by atoms with E-state index < -0.39 is 10.0 Å². The Morgan fingerprint density at radius 2 is 1.80 bits per heavy atom. The number of nitrogen functional groups attached to an aromatic ring is 1. The zero-order chi connectivity index (χ0) is 14.2. The van der Waals surface area contributed by atoms with Crippen LogP contribution in [0.15, 0.2) is 23.4 Å². The normalized spacial score (nSPS) is 23.2. The molecule has 1 aliphatic heterocycles. The lowest BCUT2D eigenvalue weighted by molar-refractivity contribution is 0.160. The minimum absolute atomic E-state index is 0.141. The van der Waals surface area contributed by atoms with E-state index in [0.29, 0.717) is 18.5 Å². The van der Waals surface area contributed by atoms with E-state index in [-0.39, 0.29) is 10.6 Å². The molecule has 1 aromatic heterocycles. The second kappa shape index (κ2) is 5.00. The maximum atomic E-state index is 12.6. The topological polar surface area (TPSA) is 76.3 Å². The van der Waals surface area contributed by atoms with Crippen LogP contribution in [0.3, 0.4) is 0 Å². The highest BCUT2D eigenvalue weighted by Gasteiger charge is 2.40.